The monoisotopic (exact) mass is 314 g/mol. The van der Waals surface area contributed by atoms with Crippen molar-refractivity contribution in [3.8, 4) is 0 Å². The van der Waals surface area contributed by atoms with E-state index in [4.69, 9.17) is 4.74 Å². The van der Waals surface area contributed by atoms with Crippen molar-refractivity contribution in [3.63, 3.8) is 0 Å². The van der Waals surface area contributed by atoms with E-state index in [1.54, 1.807) is 13.8 Å². The predicted octanol–water partition coefficient (Wildman–Crippen LogP) is 1.96. The molecule has 3 N–H and O–H groups in total. The van der Waals surface area contributed by atoms with Crippen LogP contribution < -0.4 is 10.6 Å². The lowest BCUT2D eigenvalue weighted by molar-refractivity contribution is -0.132. The van der Waals surface area contributed by atoms with Crippen molar-refractivity contribution in [2.24, 2.45) is 5.41 Å². The summed E-state index contributed by atoms with van der Waals surface area (Å²) in [4.78, 5) is 23.7. The molecule has 22 heavy (non-hydrogen) atoms. The van der Waals surface area contributed by atoms with E-state index < -0.39 is 11.0 Å². The molecule has 1 saturated carbocycles. The zero-order chi connectivity index (χ0) is 17.0. The van der Waals surface area contributed by atoms with Crippen molar-refractivity contribution in [2.75, 3.05) is 6.61 Å². The lowest BCUT2D eigenvalue weighted by Gasteiger charge is -2.32. The summed E-state index contributed by atoms with van der Waals surface area (Å²) in [5, 5.41) is 15.1. The van der Waals surface area contributed by atoms with Crippen LogP contribution in [0.2, 0.25) is 0 Å². The van der Waals surface area contributed by atoms with Crippen LogP contribution in [0.15, 0.2) is 0 Å². The summed E-state index contributed by atoms with van der Waals surface area (Å²) in [7, 11) is 0. The second-order valence-corrected chi connectivity index (χ2v) is 7.71. The van der Waals surface area contributed by atoms with Gasteiger partial charge in [-0.25, -0.2) is 4.79 Å². The molecule has 0 aromatic carbocycles. The quantitative estimate of drug-likeness (QED) is 0.740. The lowest BCUT2D eigenvalue weighted by atomic mass is 9.88. The Morgan fingerprint density at radius 3 is 1.86 bits per heavy atom. The van der Waals surface area contributed by atoms with Gasteiger partial charge in [-0.1, -0.05) is 0 Å². The minimum atomic E-state index is -0.758. The fraction of sp³-hybridized carbons (Fsp3) is 0.875. The molecule has 0 saturated heterocycles. The fourth-order valence-electron chi connectivity index (χ4n) is 2.31. The van der Waals surface area contributed by atoms with Crippen molar-refractivity contribution >= 4 is 12.0 Å². The molecule has 0 unspecified atom stereocenters. The molecule has 0 atom stereocenters. The molecule has 128 valence electrons. The highest BCUT2D eigenvalue weighted by atomic mass is 16.6. The van der Waals surface area contributed by atoms with Crippen molar-refractivity contribution in [3.05, 3.63) is 0 Å². The van der Waals surface area contributed by atoms with E-state index in [-0.39, 0.29) is 30.7 Å². The van der Waals surface area contributed by atoms with Gasteiger partial charge in [0.15, 0.2) is 0 Å². The molecule has 1 aliphatic carbocycles. The molecule has 0 bridgehead atoms. The molecule has 0 heterocycles. The van der Waals surface area contributed by atoms with Crippen molar-refractivity contribution in [2.45, 2.75) is 78.0 Å². The standard InChI is InChI=1S/C16H30N2O4/c1-15(2,3)22-14(21)18-12-8-6-11(7-9-12)17-13(20)16(4,5)10-19/h11-12,19H,6-10H2,1-5H3,(H,17,20)(H,18,21). The van der Waals surface area contributed by atoms with Crippen molar-refractivity contribution in [1.82, 2.24) is 10.6 Å². The van der Waals surface area contributed by atoms with E-state index >= 15 is 0 Å². The number of hydrogen-bond acceptors (Lipinski definition) is 4. The Bertz CT molecular complexity index is 393. The Kier molecular flexibility index (Phi) is 6.23. The van der Waals surface area contributed by atoms with Crippen LogP contribution in [0.3, 0.4) is 0 Å². The van der Waals surface area contributed by atoms with Crippen LogP contribution in [-0.4, -0.2) is 41.4 Å². The van der Waals surface area contributed by atoms with Crippen LogP contribution in [-0.2, 0) is 9.53 Å². The first-order valence-electron chi connectivity index (χ1n) is 7.95. The van der Waals surface area contributed by atoms with Crippen LogP contribution >= 0.6 is 0 Å². The Balaban J connectivity index is 2.35. The van der Waals surface area contributed by atoms with Gasteiger partial charge in [0.2, 0.25) is 5.91 Å². The normalized spacial score (nSPS) is 22.8. The van der Waals surface area contributed by atoms with Gasteiger partial charge >= 0.3 is 6.09 Å². The first kappa shape index (κ1) is 18.7. The number of aliphatic hydroxyl groups is 1. The SMILES string of the molecule is CC(C)(C)OC(=O)NC1CCC(NC(=O)C(C)(C)CO)CC1. The molecular weight excluding hydrogens is 284 g/mol. The first-order valence-corrected chi connectivity index (χ1v) is 7.95. The summed E-state index contributed by atoms with van der Waals surface area (Å²) in [6.45, 7) is 8.77. The van der Waals surface area contributed by atoms with Gasteiger partial charge in [-0.3, -0.25) is 4.79 Å². The zero-order valence-electron chi connectivity index (χ0n) is 14.4. The number of rotatable bonds is 4. The van der Waals surface area contributed by atoms with Gasteiger partial charge in [-0.2, -0.15) is 0 Å². The fourth-order valence-corrected chi connectivity index (χ4v) is 2.31. The Labute approximate surface area is 133 Å². The first-order chi connectivity index (χ1) is 10.0. The van der Waals surface area contributed by atoms with Crippen molar-refractivity contribution < 1.29 is 19.4 Å². The Morgan fingerprint density at radius 2 is 1.45 bits per heavy atom. The highest BCUT2D eigenvalue weighted by Crippen LogP contribution is 2.21. The summed E-state index contributed by atoms with van der Waals surface area (Å²) in [5.41, 5.74) is -1.25. The van der Waals surface area contributed by atoms with Crippen LogP contribution in [0.4, 0.5) is 4.79 Å². The van der Waals surface area contributed by atoms with Crippen molar-refractivity contribution in [1.29, 1.82) is 0 Å². The van der Waals surface area contributed by atoms with Gasteiger partial charge in [-0.05, 0) is 60.3 Å². The lowest BCUT2D eigenvalue weighted by Crippen LogP contribution is -2.48. The second-order valence-electron chi connectivity index (χ2n) is 7.71. The van der Waals surface area contributed by atoms with Crippen LogP contribution in [0.25, 0.3) is 0 Å². The van der Waals surface area contributed by atoms with Crippen LogP contribution in [0.5, 0.6) is 0 Å². The maximum absolute atomic E-state index is 12.0. The number of carbonyl (C=O) groups is 2. The minimum Gasteiger partial charge on any atom is -0.444 e. The summed E-state index contributed by atoms with van der Waals surface area (Å²) in [6.07, 6.45) is 2.86. The molecular formula is C16H30N2O4. The molecule has 2 amide bonds. The summed E-state index contributed by atoms with van der Waals surface area (Å²) in [6, 6.07) is 0.198. The van der Waals surface area contributed by atoms with E-state index in [9.17, 15) is 14.7 Å². The molecule has 1 aliphatic rings. The number of aliphatic hydroxyl groups excluding tert-OH is 1. The van der Waals surface area contributed by atoms with E-state index in [0.29, 0.717) is 0 Å². The molecule has 0 radical (unpaired) electrons. The predicted molar refractivity (Wildman–Crippen MR) is 84.4 cm³/mol. The number of carbonyl (C=O) groups excluding carboxylic acids is 2. The third kappa shape index (κ3) is 6.22. The molecule has 0 aromatic rings. The number of amides is 2. The molecule has 1 rings (SSSR count). The molecule has 6 heteroatoms. The topological polar surface area (TPSA) is 87.7 Å². The van der Waals surface area contributed by atoms with Gasteiger partial charge in [-0.15, -0.1) is 0 Å². The Hall–Kier alpha value is -1.30. The number of nitrogens with one attached hydrogen (secondary N) is 2. The number of alkyl carbamates (subject to hydrolysis) is 1. The smallest absolute Gasteiger partial charge is 0.407 e. The maximum Gasteiger partial charge on any atom is 0.407 e. The Morgan fingerprint density at radius 1 is 1.00 bits per heavy atom. The van der Waals surface area contributed by atoms with Crippen LogP contribution in [0.1, 0.15) is 60.3 Å². The highest BCUT2D eigenvalue weighted by molar-refractivity contribution is 5.82. The van der Waals surface area contributed by atoms with Gasteiger partial charge in [0.25, 0.3) is 0 Å². The largest absolute Gasteiger partial charge is 0.444 e. The summed E-state index contributed by atoms with van der Waals surface area (Å²) < 4.78 is 5.24. The zero-order valence-corrected chi connectivity index (χ0v) is 14.4. The molecule has 0 aliphatic heterocycles. The average molecular weight is 314 g/mol. The van der Waals surface area contributed by atoms with Gasteiger partial charge in [0.05, 0.1) is 12.0 Å². The van der Waals surface area contributed by atoms with E-state index in [1.165, 1.54) is 0 Å². The summed E-state index contributed by atoms with van der Waals surface area (Å²) in [5.74, 6) is -0.126. The van der Waals surface area contributed by atoms with E-state index in [0.717, 1.165) is 25.7 Å². The summed E-state index contributed by atoms with van der Waals surface area (Å²) >= 11 is 0. The maximum atomic E-state index is 12.0. The van der Waals surface area contributed by atoms with Gasteiger partial charge < -0.3 is 20.5 Å². The molecule has 0 aromatic heterocycles. The third-order valence-corrected chi connectivity index (χ3v) is 3.79. The highest BCUT2D eigenvalue weighted by Gasteiger charge is 2.31. The molecule has 0 spiro atoms. The van der Waals surface area contributed by atoms with Gasteiger partial charge in [0.1, 0.15) is 5.60 Å². The second kappa shape index (κ2) is 7.31. The minimum absolute atomic E-state index is 0.0915. The number of ether oxygens (including phenoxy) is 1. The van der Waals surface area contributed by atoms with Gasteiger partial charge in [0, 0.05) is 12.1 Å². The molecule has 1 fully saturated rings. The molecule has 6 nitrogen and oxygen atoms in total. The van der Waals surface area contributed by atoms with E-state index in [2.05, 4.69) is 10.6 Å². The van der Waals surface area contributed by atoms with E-state index in [1.807, 2.05) is 20.8 Å². The average Bonchev–Trinajstić information content (AvgIpc) is 2.38. The van der Waals surface area contributed by atoms with Crippen LogP contribution in [0, 0.1) is 5.41 Å². The number of hydrogen-bond donors (Lipinski definition) is 3. The third-order valence-electron chi connectivity index (χ3n) is 3.79.